The summed E-state index contributed by atoms with van der Waals surface area (Å²) in [6, 6.07) is 17.3. The number of primary amides is 1. The minimum absolute atomic E-state index is 0.0620. The van der Waals surface area contributed by atoms with Gasteiger partial charge in [0.2, 0.25) is 0 Å². The number of aryl methyl sites for hydroxylation is 1. The van der Waals surface area contributed by atoms with Crippen molar-refractivity contribution in [3.8, 4) is 23.0 Å². The Labute approximate surface area is 256 Å². The molecule has 0 aliphatic carbocycles. The number of aromatic nitrogens is 1. The normalized spacial score (nSPS) is 13.4. The maximum Gasteiger partial charge on any atom is 0.316 e. The van der Waals surface area contributed by atoms with Crippen LogP contribution >= 0.6 is 0 Å². The zero-order valence-electron chi connectivity index (χ0n) is 25.0. The van der Waals surface area contributed by atoms with Crippen molar-refractivity contribution in [2.75, 3.05) is 38.3 Å². The van der Waals surface area contributed by atoms with Crippen LogP contribution in [0.15, 0.2) is 66.9 Å². The number of hydrogen-bond acceptors (Lipinski definition) is 7. The van der Waals surface area contributed by atoms with Gasteiger partial charge in [0, 0.05) is 35.9 Å². The number of fused-ring (bicyclic) bond motifs is 1. The first-order valence-corrected chi connectivity index (χ1v) is 14.8. The van der Waals surface area contributed by atoms with Gasteiger partial charge in [-0.2, -0.15) is 0 Å². The number of piperidine rings is 1. The number of rotatable bonds is 11. The molecule has 1 saturated heterocycles. The molecule has 230 valence electrons. The van der Waals surface area contributed by atoms with Crippen molar-refractivity contribution in [1.82, 2.24) is 10.3 Å². The number of nitrogens with zero attached hydrogens (tertiary/aromatic N) is 2. The van der Waals surface area contributed by atoms with Gasteiger partial charge in [-0.1, -0.05) is 31.2 Å². The molecule has 9 nitrogen and oxygen atoms in total. The maximum atomic E-state index is 15.5. The van der Waals surface area contributed by atoms with E-state index in [2.05, 4.69) is 17.2 Å². The summed E-state index contributed by atoms with van der Waals surface area (Å²) in [5.74, 6) is -0.887. The number of nitrogens with two attached hydrogens (primary N) is 1. The lowest BCUT2D eigenvalue weighted by molar-refractivity contribution is -0.135. The number of anilines is 1. The summed E-state index contributed by atoms with van der Waals surface area (Å²) in [5.41, 5.74) is 8.29. The molecule has 10 heteroatoms. The Kier molecular flexibility index (Phi) is 9.91. The van der Waals surface area contributed by atoms with Crippen LogP contribution in [-0.4, -0.2) is 50.1 Å². The van der Waals surface area contributed by atoms with E-state index < -0.39 is 17.6 Å². The number of carbonyl (C=O) groups is 2. The highest BCUT2D eigenvalue weighted by molar-refractivity contribution is 6.39. The molecule has 1 aliphatic rings. The minimum Gasteiger partial charge on any atom is -0.493 e. The molecule has 0 unspecified atom stereocenters. The molecule has 0 spiro atoms. The van der Waals surface area contributed by atoms with Gasteiger partial charge in [-0.25, -0.2) is 4.39 Å². The number of pyridine rings is 1. The van der Waals surface area contributed by atoms with Crippen LogP contribution in [0.2, 0.25) is 0 Å². The summed E-state index contributed by atoms with van der Waals surface area (Å²) in [6.45, 7) is 4.76. The molecule has 2 heterocycles. The summed E-state index contributed by atoms with van der Waals surface area (Å²) in [7, 11) is 1.56. The van der Waals surface area contributed by atoms with Crippen LogP contribution in [0.1, 0.15) is 30.9 Å². The van der Waals surface area contributed by atoms with E-state index in [0.717, 1.165) is 44.0 Å². The van der Waals surface area contributed by atoms with Gasteiger partial charge < -0.3 is 30.2 Å². The summed E-state index contributed by atoms with van der Waals surface area (Å²) in [4.78, 5) is 30.1. The monoisotopic (exact) mass is 600 g/mol. The van der Waals surface area contributed by atoms with Gasteiger partial charge in [-0.05, 0) is 80.1 Å². The van der Waals surface area contributed by atoms with E-state index in [9.17, 15) is 9.59 Å². The fourth-order valence-electron chi connectivity index (χ4n) is 5.27. The molecule has 1 aromatic heterocycles. The standard InChI is InChI=1S/C34H37FN4O5/c1-3-22-4-6-23(7-5-22)13-17-39(34(41)33(36)40)25-8-9-30(27(35)18-25)44-29-12-16-38-28-20-32(31(42-2)19-26(28)29)43-21-24-10-14-37-15-11-24/h4-9,12,16,18-20,24,37H,3,10-11,13-15,17,21H2,1-2H3,(H2,36,40). The molecule has 1 fully saturated rings. The predicted octanol–water partition coefficient (Wildman–Crippen LogP) is 5.18. The highest BCUT2D eigenvalue weighted by atomic mass is 19.1. The second kappa shape index (κ2) is 14.2. The average Bonchev–Trinajstić information content (AvgIpc) is 3.05. The molecular weight excluding hydrogens is 563 g/mol. The SMILES string of the molecule is CCc1ccc(CCN(C(=O)C(N)=O)c2ccc(Oc3ccnc4cc(OCC5CCNCC5)c(OC)cc34)c(F)c2)cc1. The molecule has 3 N–H and O–H groups in total. The van der Waals surface area contributed by atoms with Gasteiger partial charge in [0.1, 0.15) is 5.75 Å². The van der Waals surface area contributed by atoms with E-state index in [-0.39, 0.29) is 18.0 Å². The second-order valence-electron chi connectivity index (χ2n) is 10.8. The van der Waals surface area contributed by atoms with Crippen LogP contribution in [0.25, 0.3) is 10.9 Å². The Morgan fingerprint density at radius 2 is 1.73 bits per heavy atom. The van der Waals surface area contributed by atoms with Gasteiger partial charge in [0.05, 0.1) is 19.2 Å². The van der Waals surface area contributed by atoms with Crippen LogP contribution in [0.4, 0.5) is 10.1 Å². The number of ether oxygens (including phenoxy) is 3. The Hall–Kier alpha value is -4.70. The summed E-state index contributed by atoms with van der Waals surface area (Å²) < 4.78 is 33.2. The molecular formula is C34H37FN4O5. The van der Waals surface area contributed by atoms with Gasteiger partial charge >= 0.3 is 11.8 Å². The Balaban J connectivity index is 1.35. The molecule has 0 atom stereocenters. The van der Waals surface area contributed by atoms with Crippen molar-refractivity contribution >= 4 is 28.4 Å². The minimum atomic E-state index is -1.12. The quantitative estimate of drug-likeness (QED) is 0.228. The van der Waals surface area contributed by atoms with Crippen LogP contribution < -0.4 is 30.2 Å². The van der Waals surface area contributed by atoms with Crippen molar-refractivity contribution in [3.05, 3.63) is 83.8 Å². The second-order valence-corrected chi connectivity index (χ2v) is 10.8. The first-order chi connectivity index (χ1) is 21.4. The van der Waals surface area contributed by atoms with Crippen molar-refractivity contribution < 1.29 is 28.2 Å². The molecule has 44 heavy (non-hydrogen) atoms. The third-order valence-electron chi connectivity index (χ3n) is 7.88. The van der Waals surface area contributed by atoms with Crippen LogP contribution in [0, 0.1) is 11.7 Å². The third kappa shape index (κ3) is 7.26. The Morgan fingerprint density at radius 1 is 0.977 bits per heavy atom. The highest BCUT2D eigenvalue weighted by Gasteiger charge is 2.23. The number of hydrogen-bond donors (Lipinski definition) is 2. The Bertz CT molecular complexity index is 1620. The molecule has 5 rings (SSSR count). The van der Waals surface area contributed by atoms with Crippen molar-refractivity contribution in [2.45, 2.75) is 32.6 Å². The first kappa shape index (κ1) is 30.7. The maximum absolute atomic E-state index is 15.5. The van der Waals surface area contributed by atoms with E-state index >= 15 is 4.39 Å². The molecule has 2 amide bonds. The van der Waals surface area contributed by atoms with Gasteiger partial charge in [-0.15, -0.1) is 0 Å². The predicted molar refractivity (Wildman–Crippen MR) is 167 cm³/mol. The van der Waals surface area contributed by atoms with Crippen LogP contribution in [0.5, 0.6) is 23.0 Å². The van der Waals surface area contributed by atoms with Crippen LogP contribution in [-0.2, 0) is 22.4 Å². The van der Waals surface area contributed by atoms with E-state index in [0.29, 0.717) is 47.1 Å². The smallest absolute Gasteiger partial charge is 0.316 e. The average molecular weight is 601 g/mol. The topological polar surface area (TPSA) is 116 Å². The molecule has 4 aromatic rings. The lowest BCUT2D eigenvalue weighted by Gasteiger charge is -2.23. The number of amides is 2. The fourth-order valence-corrected chi connectivity index (χ4v) is 5.27. The largest absolute Gasteiger partial charge is 0.493 e. The molecule has 0 saturated carbocycles. The van der Waals surface area contributed by atoms with E-state index in [1.165, 1.54) is 22.6 Å². The summed E-state index contributed by atoms with van der Waals surface area (Å²) in [5, 5.41) is 3.97. The lowest BCUT2D eigenvalue weighted by Crippen LogP contribution is -2.41. The number of halogens is 1. The summed E-state index contributed by atoms with van der Waals surface area (Å²) in [6.07, 6.45) is 5.05. The van der Waals surface area contributed by atoms with Gasteiger partial charge in [0.25, 0.3) is 0 Å². The van der Waals surface area contributed by atoms with Crippen LogP contribution in [0.3, 0.4) is 0 Å². The zero-order valence-corrected chi connectivity index (χ0v) is 25.0. The Morgan fingerprint density at radius 3 is 2.41 bits per heavy atom. The zero-order chi connectivity index (χ0) is 31.1. The molecule has 1 aliphatic heterocycles. The number of nitrogens with one attached hydrogen (secondary N) is 1. The van der Waals surface area contributed by atoms with Gasteiger partial charge in [0.15, 0.2) is 23.1 Å². The van der Waals surface area contributed by atoms with Crippen molar-refractivity contribution in [2.24, 2.45) is 11.7 Å². The molecule has 3 aromatic carbocycles. The third-order valence-corrected chi connectivity index (χ3v) is 7.88. The van der Waals surface area contributed by atoms with E-state index in [1.54, 1.807) is 31.5 Å². The number of benzene rings is 3. The number of carbonyl (C=O) groups excluding carboxylic acids is 2. The molecule has 0 bridgehead atoms. The van der Waals surface area contributed by atoms with Crippen molar-refractivity contribution in [1.29, 1.82) is 0 Å². The lowest BCUT2D eigenvalue weighted by atomic mass is 9.99. The van der Waals surface area contributed by atoms with Gasteiger partial charge in [-0.3, -0.25) is 14.6 Å². The van der Waals surface area contributed by atoms with E-state index in [4.69, 9.17) is 19.9 Å². The molecule has 0 radical (unpaired) electrons. The highest BCUT2D eigenvalue weighted by Crippen LogP contribution is 2.38. The van der Waals surface area contributed by atoms with E-state index in [1.807, 2.05) is 24.3 Å². The first-order valence-electron chi connectivity index (χ1n) is 14.8. The summed E-state index contributed by atoms with van der Waals surface area (Å²) >= 11 is 0. The number of methoxy groups -OCH3 is 1. The fraction of sp³-hybridized carbons (Fsp3) is 0.324. The van der Waals surface area contributed by atoms with Crippen molar-refractivity contribution in [3.63, 3.8) is 0 Å².